The summed E-state index contributed by atoms with van der Waals surface area (Å²) in [6.45, 7) is 5.22. The van der Waals surface area contributed by atoms with Gasteiger partial charge in [-0.15, -0.1) is 0 Å². The van der Waals surface area contributed by atoms with Gasteiger partial charge in [-0.3, -0.25) is 4.79 Å². The van der Waals surface area contributed by atoms with Crippen LogP contribution in [0.25, 0.3) is 0 Å². The van der Waals surface area contributed by atoms with Crippen molar-refractivity contribution in [1.82, 2.24) is 0 Å². The van der Waals surface area contributed by atoms with Crippen molar-refractivity contribution in [3.8, 4) is 0 Å². The third-order valence-electron chi connectivity index (χ3n) is 8.41. The van der Waals surface area contributed by atoms with Crippen LogP contribution in [0.5, 0.6) is 0 Å². The van der Waals surface area contributed by atoms with Crippen LogP contribution >= 0.6 is 0 Å². The molecule has 7 atom stereocenters. The largest absolute Gasteiger partial charge is 0.469 e. The first kappa shape index (κ1) is 34.0. The third kappa shape index (κ3) is 11.7. The van der Waals surface area contributed by atoms with Gasteiger partial charge in [-0.05, 0) is 68.9 Å². The smallest absolute Gasteiger partial charge is 0.338 e. The molecular formula is C35H52O7. The molecule has 1 N–H and O–H groups in total. The van der Waals surface area contributed by atoms with Gasteiger partial charge in [-0.1, -0.05) is 75.6 Å². The highest BCUT2D eigenvalue weighted by Gasteiger charge is 2.43. The topological polar surface area (TPSA) is 91.3 Å². The summed E-state index contributed by atoms with van der Waals surface area (Å²) in [4.78, 5) is 24.4. The van der Waals surface area contributed by atoms with E-state index in [2.05, 4.69) is 38.2 Å². The average Bonchev–Trinajstić information content (AvgIpc) is 3.30. The van der Waals surface area contributed by atoms with Crippen LogP contribution in [0.4, 0.5) is 0 Å². The molecule has 0 bridgehead atoms. The van der Waals surface area contributed by atoms with Crippen LogP contribution in [0.3, 0.4) is 0 Å². The Labute approximate surface area is 252 Å². The number of hydrogen-bond donors (Lipinski definition) is 1. The Morgan fingerprint density at radius 2 is 1.95 bits per heavy atom. The maximum atomic E-state index is 13.0. The van der Waals surface area contributed by atoms with E-state index >= 15 is 0 Å². The molecule has 0 aromatic heterocycles. The first-order chi connectivity index (χ1) is 20.4. The number of carbonyl (C=O) groups is 2. The summed E-state index contributed by atoms with van der Waals surface area (Å²) in [5.41, 5.74) is 0.504. The molecule has 2 aliphatic rings. The van der Waals surface area contributed by atoms with Gasteiger partial charge in [0.15, 0.2) is 6.29 Å². The predicted octanol–water partition coefficient (Wildman–Crippen LogP) is 7.18. The second-order valence-electron chi connectivity index (χ2n) is 11.9. The lowest BCUT2D eigenvalue weighted by atomic mass is 9.89. The minimum Gasteiger partial charge on any atom is -0.469 e. The summed E-state index contributed by atoms with van der Waals surface area (Å²) in [5, 5.41) is 11.1. The van der Waals surface area contributed by atoms with E-state index in [0.29, 0.717) is 30.7 Å². The summed E-state index contributed by atoms with van der Waals surface area (Å²) in [6, 6.07) is 9.01. The first-order valence-corrected chi connectivity index (χ1v) is 16.0. The van der Waals surface area contributed by atoms with Crippen molar-refractivity contribution in [2.24, 2.45) is 17.8 Å². The number of rotatable bonds is 17. The number of allylic oxidation sites excluding steroid dienone is 2. The lowest BCUT2D eigenvalue weighted by Gasteiger charge is -2.28. The Morgan fingerprint density at radius 3 is 2.67 bits per heavy atom. The molecule has 1 aliphatic heterocycles. The Kier molecular flexibility index (Phi) is 15.3. The fourth-order valence-corrected chi connectivity index (χ4v) is 5.94. The fraction of sp³-hybridized carbons (Fsp3) is 0.657. The molecule has 0 amide bonds. The molecule has 1 aromatic carbocycles. The molecule has 7 nitrogen and oxygen atoms in total. The molecule has 1 saturated heterocycles. The first-order valence-electron chi connectivity index (χ1n) is 16.0. The van der Waals surface area contributed by atoms with Gasteiger partial charge in [0.25, 0.3) is 0 Å². The summed E-state index contributed by atoms with van der Waals surface area (Å²) < 4.78 is 23.1. The Morgan fingerprint density at radius 1 is 1.14 bits per heavy atom. The molecule has 1 aromatic rings. The zero-order valence-electron chi connectivity index (χ0n) is 25.8. The summed E-state index contributed by atoms with van der Waals surface area (Å²) in [7, 11) is 1.40. The maximum absolute atomic E-state index is 13.0. The Balaban J connectivity index is 1.74. The van der Waals surface area contributed by atoms with E-state index in [1.807, 2.05) is 18.2 Å². The van der Waals surface area contributed by atoms with E-state index < -0.39 is 12.2 Å². The molecule has 1 heterocycles. The molecule has 1 aliphatic carbocycles. The highest BCUT2D eigenvalue weighted by molar-refractivity contribution is 5.89. The van der Waals surface area contributed by atoms with Gasteiger partial charge in [0, 0.05) is 25.4 Å². The fourth-order valence-electron chi connectivity index (χ4n) is 5.94. The van der Waals surface area contributed by atoms with Crippen LogP contribution in [-0.2, 0) is 23.7 Å². The van der Waals surface area contributed by atoms with E-state index in [4.69, 9.17) is 18.9 Å². The lowest BCUT2D eigenvalue weighted by molar-refractivity contribution is -0.181. The van der Waals surface area contributed by atoms with Crippen molar-refractivity contribution in [1.29, 1.82) is 0 Å². The number of carbonyl (C=O) groups excluding carboxylic acids is 2. The van der Waals surface area contributed by atoms with Crippen molar-refractivity contribution in [3.05, 3.63) is 60.2 Å². The van der Waals surface area contributed by atoms with Crippen molar-refractivity contribution in [2.45, 2.75) is 115 Å². The molecule has 234 valence electrons. The van der Waals surface area contributed by atoms with E-state index in [9.17, 15) is 14.7 Å². The standard InChI is InChI=1S/C35H52O7/c1-4-5-15-26(2)24-28(41-34-20-13-14-23-40-34)21-22-30-29(18-11-6-7-12-19-33(37)39-3)31(36)25-32(30)42-35(38)27-16-9-8-10-17-27/h6,8-11,16-17,21-22,26,28-32,34,36H,4-5,7,12-15,18-20,23-25H2,1-3H3/b11-6-,22-21+/t26-,28+,29+,30+,31-,32+,34?/m0/s1. The van der Waals surface area contributed by atoms with Gasteiger partial charge in [0.1, 0.15) is 6.10 Å². The molecule has 0 spiro atoms. The predicted molar refractivity (Wildman–Crippen MR) is 164 cm³/mol. The van der Waals surface area contributed by atoms with Gasteiger partial charge in [0.2, 0.25) is 0 Å². The molecule has 1 saturated carbocycles. The molecular weight excluding hydrogens is 532 g/mol. The van der Waals surface area contributed by atoms with Gasteiger partial charge in [0.05, 0.1) is 24.9 Å². The van der Waals surface area contributed by atoms with Crippen LogP contribution in [0.1, 0.15) is 101 Å². The van der Waals surface area contributed by atoms with Crippen LogP contribution in [-0.4, -0.2) is 55.4 Å². The van der Waals surface area contributed by atoms with Gasteiger partial charge < -0.3 is 24.1 Å². The zero-order valence-corrected chi connectivity index (χ0v) is 25.8. The monoisotopic (exact) mass is 584 g/mol. The summed E-state index contributed by atoms with van der Waals surface area (Å²) in [5.74, 6) is -0.329. The van der Waals surface area contributed by atoms with Crippen molar-refractivity contribution < 1.29 is 33.6 Å². The van der Waals surface area contributed by atoms with E-state index in [0.717, 1.165) is 51.6 Å². The highest BCUT2D eigenvalue weighted by atomic mass is 16.7. The molecule has 1 unspecified atom stereocenters. The van der Waals surface area contributed by atoms with Crippen LogP contribution < -0.4 is 0 Å². The number of esters is 2. The maximum Gasteiger partial charge on any atom is 0.338 e. The van der Waals surface area contributed by atoms with E-state index in [1.165, 1.54) is 20.0 Å². The molecule has 2 fully saturated rings. The second-order valence-corrected chi connectivity index (χ2v) is 11.9. The lowest BCUT2D eigenvalue weighted by Crippen LogP contribution is -2.29. The van der Waals surface area contributed by atoms with E-state index in [1.54, 1.807) is 12.1 Å². The van der Waals surface area contributed by atoms with Gasteiger partial charge in [-0.25, -0.2) is 4.79 Å². The summed E-state index contributed by atoms with van der Waals surface area (Å²) >= 11 is 0. The summed E-state index contributed by atoms with van der Waals surface area (Å²) in [6.07, 6.45) is 17.4. The zero-order chi connectivity index (χ0) is 30.2. The van der Waals surface area contributed by atoms with Crippen LogP contribution in [0, 0.1) is 17.8 Å². The number of methoxy groups -OCH3 is 1. The van der Waals surface area contributed by atoms with Crippen molar-refractivity contribution in [2.75, 3.05) is 13.7 Å². The molecule has 42 heavy (non-hydrogen) atoms. The van der Waals surface area contributed by atoms with Gasteiger partial charge in [-0.2, -0.15) is 0 Å². The normalized spacial score (nSPS) is 26.0. The number of aliphatic hydroxyl groups excluding tert-OH is 1. The third-order valence-corrected chi connectivity index (χ3v) is 8.41. The number of ether oxygens (including phenoxy) is 4. The Bertz CT molecular complexity index is 969. The average molecular weight is 585 g/mol. The number of hydrogen-bond acceptors (Lipinski definition) is 7. The molecule has 3 rings (SSSR count). The SMILES string of the molecule is CCCC[C@H](C)C[C@@H](/C=C/[C@@H]1[C@@H](C/C=C\CCCC(=O)OC)[C@@H](O)C[C@H]1OC(=O)c1ccccc1)OC1CCCCO1. The quantitative estimate of drug-likeness (QED) is 0.118. The number of aliphatic hydroxyl groups is 1. The van der Waals surface area contributed by atoms with Crippen LogP contribution in [0.2, 0.25) is 0 Å². The van der Waals surface area contributed by atoms with Crippen molar-refractivity contribution >= 4 is 11.9 Å². The number of unbranched alkanes of at least 4 members (excludes halogenated alkanes) is 2. The molecule has 7 heteroatoms. The van der Waals surface area contributed by atoms with Gasteiger partial charge >= 0.3 is 11.9 Å². The van der Waals surface area contributed by atoms with Crippen LogP contribution in [0.15, 0.2) is 54.6 Å². The Hall–Kier alpha value is -2.48. The van der Waals surface area contributed by atoms with E-state index in [-0.39, 0.29) is 36.2 Å². The van der Waals surface area contributed by atoms with Crippen molar-refractivity contribution in [3.63, 3.8) is 0 Å². The number of benzene rings is 1. The minimum atomic E-state index is -0.600. The highest BCUT2D eigenvalue weighted by Crippen LogP contribution is 2.39. The minimum absolute atomic E-state index is 0.101. The molecule has 0 radical (unpaired) electrons. The second kappa shape index (κ2) is 18.9.